The Hall–Kier alpha value is -2.75. The van der Waals surface area contributed by atoms with E-state index in [-0.39, 0.29) is 18.2 Å². The highest BCUT2D eigenvalue weighted by Crippen LogP contribution is 2.46. The van der Waals surface area contributed by atoms with Gasteiger partial charge in [0.05, 0.1) is 22.5 Å². The van der Waals surface area contributed by atoms with Gasteiger partial charge in [-0.2, -0.15) is 18.4 Å². The van der Waals surface area contributed by atoms with Crippen molar-refractivity contribution in [1.82, 2.24) is 9.47 Å². The maximum Gasteiger partial charge on any atom is 0.411 e. The summed E-state index contributed by atoms with van der Waals surface area (Å²) in [5, 5.41) is 10.4. The summed E-state index contributed by atoms with van der Waals surface area (Å²) in [4.78, 5) is 1.27. The lowest BCUT2D eigenvalue weighted by Gasteiger charge is -2.44. The first-order valence-corrected chi connectivity index (χ1v) is 10.0. The van der Waals surface area contributed by atoms with Crippen LogP contribution in [0, 0.1) is 24.1 Å². The smallest absolute Gasteiger partial charge is 0.352 e. The molecule has 1 aliphatic carbocycles. The van der Waals surface area contributed by atoms with Crippen LogP contribution in [0.3, 0.4) is 0 Å². The van der Waals surface area contributed by atoms with Crippen molar-refractivity contribution in [3.8, 4) is 6.07 Å². The van der Waals surface area contributed by atoms with Gasteiger partial charge in [-0.15, -0.1) is 0 Å². The predicted octanol–water partition coefficient (Wildman–Crippen LogP) is 6.24. The summed E-state index contributed by atoms with van der Waals surface area (Å²) in [5.41, 5.74) is -0.501. The maximum absolute atomic E-state index is 15.2. The third-order valence-corrected chi connectivity index (χ3v) is 6.43. The Balaban J connectivity index is 2.05. The Morgan fingerprint density at radius 3 is 2.43 bits per heavy atom. The van der Waals surface area contributed by atoms with Crippen LogP contribution >= 0.6 is 0 Å². The summed E-state index contributed by atoms with van der Waals surface area (Å²) >= 11 is 0. The number of fused-ring (bicyclic) bond motifs is 1. The number of hydrogen-bond acceptors (Lipinski definition) is 2. The van der Waals surface area contributed by atoms with Gasteiger partial charge in [0.2, 0.25) is 0 Å². The molecule has 0 unspecified atom stereocenters. The Labute approximate surface area is 172 Å². The van der Waals surface area contributed by atoms with Gasteiger partial charge in [0.25, 0.3) is 0 Å². The maximum atomic E-state index is 15.2. The van der Waals surface area contributed by atoms with Gasteiger partial charge in [0.1, 0.15) is 17.4 Å². The van der Waals surface area contributed by atoms with Gasteiger partial charge >= 0.3 is 6.18 Å². The first kappa shape index (κ1) is 20.5. The van der Waals surface area contributed by atoms with Crippen molar-refractivity contribution in [1.29, 1.82) is 5.26 Å². The minimum atomic E-state index is -4.49. The second-order valence-corrected chi connectivity index (χ2v) is 8.53. The van der Waals surface area contributed by atoms with Crippen LogP contribution in [0.25, 0.3) is 16.6 Å². The number of nitriles is 1. The van der Waals surface area contributed by atoms with Crippen LogP contribution in [0.2, 0.25) is 0 Å². The quantitative estimate of drug-likeness (QED) is 0.554. The molecule has 2 heterocycles. The summed E-state index contributed by atoms with van der Waals surface area (Å²) in [5.74, 6) is -0.421. The van der Waals surface area contributed by atoms with E-state index in [1.807, 2.05) is 0 Å². The molecule has 1 aliphatic heterocycles. The first-order chi connectivity index (χ1) is 14.1. The number of benzene rings is 1. The van der Waals surface area contributed by atoms with Crippen LogP contribution in [0.1, 0.15) is 56.0 Å². The average Bonchev–Trinajstić information content (AvgIpc) is 2.97. The molecule has 1 aromatic carbocycles. The van der Waals surface area contributed by atoms with Crippen LogP contribution in [0.5, 0.6) is 0 Å². The third-order valence-electron chi connectivity index (χ3n) is 6.43. The number of nitrogens with zero attached hydrogens (tertiary/aromatic N) is 3. The SMILES string of the molecule is Cc1ccc2c(C#N)c(C3=CC=CCN3C(C)(C)C(F)(F)F)n(C3CCC3)c2c1F. The number of aryl methyl sites for hydroxylation is 1. The Kier molecular flexibility index (Phi) is 4.72. The van der Waals surface area contributed by atoms with E-state index in [0.717, 1.165) is 33.1 Å². The van der Waals surface area contributed by atoms with E-state index in [2.05, 4.69) is 6.07 Å². The van der Waals surface area contributed by atoms with E-state index < -0.39 is 17.5 Å². The molecule has 2 aromatic rings. The fraction of sp³-hybridized carbons (Fsp3) is 0.435. The van der Waals surface area contributed by atoms with Crippen molar-refractivity contribution in [2.45, 2.75) is 57.8 Å². The summed E-state index contributed by atoms with van der Waals surface area (Å²) in [6.07, 6.45) is 3.05. The highest BCUT2D eigenvalue weighted by molar-refractivity contribution is 5.94. The Bertz CT molecular complexity index is 1110. The number of aromatic nitrogens is 1. The lowest BCUT2D eigenvalue weighted by Crippen LogP contribution is -2.54. The molecule has 30 heavy (non-hydrogen) atoms. The second-order valence-electron chi connectivity index (χ2n) is 8.53. The minimum Gasteiger partial charge on any atom is -0.352 e. The predicted molar refractivity (Wildman–Crippen MR) is 108 cm³/mol. The van der Waals surface area contributed by atoms with Crippen molar-refractivity contribution in [2.24, 2.45) is 0 Å². The fourth-order valence-corrected chi connectivity index (χ4v) is 4.24. The monoisotopic (exact) mass is 417 g/mol. The standard InChI is InChI=1S/C23H23F4N3/c1-14-10-11-16-17(13-28)20(30(15-7-6-8-15)21(16)19(14)24)18-9-4-5-12-29(18)22(2,3)23(25,26)27/h4-5,9-11,15H,6-8,12H2,1-3H3. The molecule has 1 saturated carbocycles. The molecule has 3 nitrogen and oxygen atoms in total. The molecule has 158 valence electrons. The summed E-state index contributed by atoms with van der Waals surface area (Å²) in [6, 6.07) is 5.43. The third kappa shape index (κ3) is 2.84. The highest BCUT2D eigenvalue weighted by atomic mass is 19.4. The molecule has 7 heteroatoms. The molecule has 4 rings (SSSR count). The number of halogens is 4. The van der Waals surface area contributed by atoms with Gasteiger partial charge < -0.3 is 9.47 Å². The molecule has 0 bridgehead atoms. The van der Waals surface area contributed by atoms with Crippen LogP contribution in [-0.4, -0.2) is 27.7 Å². The summed E-state index contributed by atoms with van der Waals surface area (Å²) < 4.78 is 58.8. The van der Waals surface area contributed by atoms with Crippen LogP contribution in [-0.2, 0) is 0 Å². The first-order valence-electron chi connectivity index (χ1n) is 10.0. The lowest BCUT2D eigenvalue weighted by atomic mass is 9.91. The number of hydrogen-bond donors (Lipinski definition) is 0. The zero-order valence-electron chi connectivity index (χ0n) is 17.1. The van der Waals surface area contributed by atoms with Crippen LogP contribution in [0.15, 0.2) is 30.4 Å². The highest BCUT2D eigenvalue weighted by Gasteiger charge is 2.52. The average molecular weight is 417 g/mol. The largest absolute Gasteiger partial charge is 0.411 e. The molecule has 0 amide bonds. The minimum absolute atomic E-state index is 0.0384. The van der Waals surface area contributed by atoms with Crippen LogP contribution in [0.4, 0.5) is 17.6 Å². The Morgan fingerprint density at radius 2 is 1.87 bits per heavy atom. The zero-order chi connectivity index (χ0) is 21.8. The molecule has 0 N–H and O–H groups in total. The molecular formula is C23H23F4N3. The lowest BCUT2D eigenvalue weighted by molar-refractivity contribution is -0.209. The van der Waals surface area contributed by atoms with E-state index in [1.54, 1.807) is 41.9 Å². The number of alkyl halides is 3. The zero-order valence-corrected chi connectivity index (χ0v) is 17.1. The van der Waals surface area contributed by atoms with Gasteiger partial charge in [-0.25, -0.2) is 4.39 Å². The van der Waals surface area contributed by atoms with Gasteiger partial charge in [-0.05, 0) is 51.7 Å². The van der Waals surface area contributed by atoms with E-state index in [9.17, 15) is 18.4 Å². The van der Waals surface area contributed by atoms with Crippen molar-refractivity contribution < 1.29 is 17.6 Å². The van der Waals surface area contributed by atoms with Gasteiger partial charge in [0, 0.05) is 18.0 Å². The van der Waals surface area contributed by atoms with E-state index in [0.29, 0.717) is 27.9 Å². The summed E-state index contributed by atoms with van der Waals surface area (Å²) in [7, 11) is 0. The molecule has 0 spiro atoms. The van der Waals surface area contributed by atoms with Gasteiger partial charge in [0.15, 0.2) is 0 Å². The molecular weight excluding hydrogens is 394 g/mol. The normalized spacial score (nSPS) is 17.8. The van der Waals surface area contributed by atoms with Gasteiger partial charge in [-0.1, -0.05) is 24.3 Å². The number of allylic oxidation sites excluding steroid dienone is 2. The summed E-state index contributed by atoms with van der Waals surface area (Å²) in [6.45, 7) is 3.97. The fourth-order valence-electron chi connectivity index (χ4n) is 4.24. The molecule has 2 aliphatic rings. The van der Waals surface area contributed by atoms with Crippen molar-refractivity contribution in [2.75, 3.05) is 6.54 Å². The number of rotatable bonds is 3. The second kappa shape index (κ2) is 6.90. The molecule has 1 fully saturated rings. The van der Waals surface area contributed by atoms with Crippen LogP contribution < -0.4 is 0 Å². The topological polar surface area (TPSA) is 32.0 Å². The van der Waals surface area contributed by atoms with Crippen molar-refractivity contribution in [3.05, 3.63) is 53.0 Å². The molecule has 0 atom stereocenters. The molecule has 1 aromatic heterocycles. The van der Waals surface area contributed by atoms with E-state index in [1.165, 1.54) is 4.90 Å². The van der Waals surface area contributed by atoms with E-state index >= 15 is 4.39 Å². The van der Waals surface area contributed by atoms with Crippen molar-refractivity contribution in [3.63, 3.8) is 0 Å². The van der Waals surface area contributed by atoms with Crippen molar-refractivity contribution >= 4 is 16.6 Å². The molecule has 0 saturated heterocycles. The Morgan fingerprint density at radius 1 is 1.17 bits per heavy atom. The molecule has 0 radical (unpaired) electrons. The van der Waals surface area contributed by atoms with E-state index in [4.69, 9.17) is 0 Å². The van der Waals surface area contributed by atoms with Gasteiger partial charge in [-0.3, -0.25) is 0 Å².